The summed E-state index contributed by atoms with van der Waals surface area (Å²) in [6, 6.07) is 14.4. The molecule has 2 aromatic carbocycles. The van der Waals surface area contributed by atoms with E-state index >= 15 is 0 Å². The van der Waals surface area contributed by atoms with Gasteiger partial charge in [0.1, 0.15) is 11.8 Å². The lowest BCUT2D eigenvalue weighted by molar-refractivity contribution is -0.142. The van der Waals surface area contributed by atoms with E-state index in [0.29, 0.717) is 35.7 Å². The first kappa shape index (κ1) is 24.7. The van der Waals surface area contributed by atoms with E-state index in [9.17, 15) is 9.59 Å². The molecule has 0 spiro atoms. The van der Waals surface area contributed by atoms with Gasteiger partial charge in [0.15, 0.2) is 6.61 Å². The predicted octanol–water partition coefficient (Wildman–Crippen LogP) is 5.03. The van der Waals surface area contributed by atoms with Crippen molar-refractivity contribution in [1.82, 2.24) is 10.2 Å². The highest BCUT2D eigenvalue weighted by molar-refractivity contribution is 6.30. The molecule has 31 heavy (non-hydrogen) atoms. The molecule has 1 unspecified atom stereocenters. The van der Waals surface area contributed by atoms with Gasteiger partial charge >= 0.3 is 0 Å². The van der Waals surface area contributed by atoms with Crippen LogP contribution in [0.3, 0.4) is 0 Å². The van der Waals surface area contributed by atoms with E-state index in [2.05, 4.69) is 19.2 Å². The molecule has 2 rings (SSSR count). The number of carbonyl (C=O) groups is 2. The van der Waals surface area contributed by atoms with Crippen molar-refractivity contribution >= 4 is 23.4 Å². The Morgan fingerprint density at radius 3 is 2.13 bits per heavy atom. The Hall–Kier alpha value is -2.53. The van der Waals surface area contributed by atoms with Gasteiger partial charge in [0.05, 0.1) is 0 Å². The lowest BCUT2D eigenvalue weighted by atomic mass is 10.0. The number of nitrogens with zero attached hydrogens (tertiary/aromatic N) is 1. The van der Waals surface area contributed by atoms with Crippen LogP contribution >= 0.6 is 11.6 Å². The number of nitrogens with one attached hydrogen (secondary N) is 1. The number of halogens is 1. The number of hydrogen-bond acceptors (Lipinski definition) is 3. The second-order valence-electron chi connectivity index (χ2n) is 8.48. The van der Waals surface area contributed by atoms with Gasteiger partial charge < -0.3 is 15.0 Å². The maximum Gasteiger partial charge on any atom is 0.261 e. The molecule has 0 aliphatic heterocycles. The highest BCUT2D eigenvalue weighted by Crippen LogP contribution is 2.19. The first-order chi connectivity index (χ1) is 14.7. The molecule has 0 bridgehead atoms. The molecule has 5 nitrogen and oxygen atoms in total. The van der Waals surface area contributed by atoms with Crippen LogP contribution in [0.15, 0.2) is 48.5 Å². The molecule has 0 fully saturated rings. The molecule has 0 saturated heterocycles. The van der Waals surface area contributed by atoms with Gasteiger partial charge in [0, 0.05) is 18.1 Å². The first-order valence-electron chi connectivity index (χ1n) is 10.7. The summed E-state index contributed by atoms with van der Waals surface area (Å²) in [4.78, 5) is 27.2. The quantitative estimate of drug-likeness (QED) is 0.559. The average molecular weight is 445 g/mol. The van der Waals surface area contributed by atoms with Gasteiger partial charge in [0.2, 0.25) is 5.91 Å². The van der Waals surface area contributed by atoms with Crippen LogP contribution < -0.4 is 10.1 Å². The fourth-order valence-electron chi connectivity index (χ4n) is 3.00. The molecular formula is C25H33ClN2O3. The SMILES string of the molecule is CC(C)CNC(=O)C(C)N(Cc1ccc(Cl)cc1)C(=O)COc1ccc(C(C)C)cc1. The minimum Gasteiger partial charge on any atom is -0.484 e. The van der Waals surface area contributed by atoms with Gasteiger partial charge in [0.25, 0.3) is 5.91 Å². The molecule has 0 saturated carbocycles. The lowest BCUT2D eigenvalue weighted by Gasteiger charge is -2.29. The second kappa shape index (κ2) is 11.8. The third-order valence-corrected chi connectivity index (χ3v) is 5.28. The van der Waals surface area contributed by atoms with Gasteiger partial charge in [-0.25, -0.2) is 0 Å². The first-order valence-corrected chi connectivity index (χ1v) is 11.1. The van der Waals surface area contributed by atoms with Crippen LogP contribution in [0.4, 0.5) is 0 Å². The number of carbonyl (C=O) groups excluding carboxylic acids is 2. The van der Waals surface area contributed by atoms with Crippen molar-refractivity contribution < 1.29 is 14.3 Å². The molecule has 0 aliphatic carbocycles. The van der Waals surface area contributed by atoms with Crippen LogP contribution in [0.5, 0.6) is 5.75 Å². The Morgan fingerprint density at radius 1 is 0.968 bits per heavy atom. The predicted molar refractivity (Wildman–Crippen MR) is 125 cm³/mol. The summed E-state index contributed by atoms with van der Waals surface area (Å²) >= 11 is 5.98. The van der Waals surface area contributed by atoms with Gasteiger partial charge in [-0.1, -0.05) is 63.6 Å². The van der Waals surface area contributed by atoms with Crippen molar-refractivity contribution in [1.29, 1.82) is 0 Å². The standard InChI is InChI=1S/C25H33ClN2O3/c1-17(2)14-27-25(30)19(5)28(15-20-6-10-22(26)11-7-20)24(29)16-31-23-12-8-21(9-13-23)18(3)4/h6-13,17-19H,14-16H2,1-5H3,(H,27,30). The number of rotatable bonds is 10. The zero-order valence-corrected chi connectivity index (χ0v) is 19.8. The highest BCUT2D eigenvalue weighted by Gasteiger charge is 2.26. The number of hydrogen-bond donors (Lipinski definition) is 1. The van der Waals surface area contributed by atoms with Crippen molar-refractivity contribution in [3.8, 4) is 5.75 Å². The molecule has 0 heterocycles. The maximum absolute atomic E-state index is 13.0. The molecule has 2 aromatic rings. The highest BCUT2D eigenvalue weighted by atomic mass is 35.5. The van der Waals surface area contributed by atoms with Crippen molar-refractivity contribution in [2.45, 2.75) is 53.1 Å². The van der Waals surface area contributed by atoms with Crippen molar-refractivity contribution in [2.24, 2.45) is 5.92 Å². The third-order valence-electron chi connectivity index (χ3n) is 5.03. The van der Waals surface area contributed by atoms with E-state index in [4.69, 9.17) is 16.3 Å². The fraction of sp³-hybridized carbons (Fsp3) is 0.440. The second-order valence-corrected chi connectivity index (χ2v) is 8.91. The summed E-state index contributed by atoms with van der Waals surface area (Å²) in [6.07, 6.45) is 0. The number of amides is 2. The van der Waals surface area contributed by atoms with E-state index in [0.717, 1.165) is 5.56 Å². The van der Waals surface area contributed by atoms with E-state index in [1.807, 2.05) is 50.2 Å². The zero-order valence-electron chi connectivity index (χ0n) is 19.0. The minimum atomic E-state index is -0.631. The third kappa shape index (κ3) is 7.91. The van der Waals surface area contributed by atoms with Gasteiger partial charge in [-0.2, -0.15) is 0 Å². The van der Waals surface area contributed by atoms with Crippen molar-refractivity contribution in [3.05, 3.63) is 64.7 Å². The molecule has 1 N–H and O–H groups in total. The summed E-state index contributed by atoms with van der Waals surface area (Å²) in [7, 11) is 0. The Labute approximate surface area is 190 Å². The fourth-order valence-corrected chi connectivity index (χ4v) is 3.12. The van der Waals surface area contributed by atoms with Crippen LogP contribution in [0.25, 0.3) is 0 Å². The van der Waals surface area contributed by atoms with Crippen LogP contribution in [-0.4, -0.2) is 35.9 Å². The maximum atomic E-state index is 13.0. The van der Waals surface area contributed by atoms with E-state index in [1.165, 1.54) is 5.56 Å². The Bertz CT molecular complexity index is 848. The molecule has 0 radical (unpaired) electrons. The largest absolute Gasteiger partial charge is 0.484 e. The van der Waals surface area contributed by atoms with Crippen molar-refractivity contribution in [3.63, 3.8) is 0 Å². The van der Waals surface area contributed by atoms with Gasteiger partial charge in [-0.3, -0.25) is 9.59 Å². The average Bonchev–Trinajstić information content (AvgIpc) is 2.75. The Morgan fingerprint density at radius 2 is 1.58 bits per heavy atom. The summed E-state index contributed by atoms with van der Waals surface area (Å²) < 4.78 is 5.72. The van der Waals surface area contributed by atoms with E-state index in [1.54, 1.807) is 24.0 Å². The minimum absolute atomic E-state index is 0.142. The Balaban J connectivity index is 2.10. The van der Waals surface area contributed by atoms with Crippen molar-refractivity contribution in [2.75, 3.05) is 13.2 Å². The van der Waals surface area contributed by atoms with Crippen LogP contribution in [-0.2, 0) is 16.1 Å². The summed E-state index contributed by atoms with van der Waals surface area (Å²) in [5.74, 6) is 0.943. The zero-order chi connectivity index (χ0) is 23.0. The van der Waals surface area contributed by atoms with E-state index in [-0.39, 0.29) is 18.4 Å². The molecular weight excluding hydrogens is 412 g/mol. The molecule has 168 valence electrons. The molecule has 0 aromatic heterocycles. The Kier molecular flexibility index (Phi) is 9.38. The van der Waals surface area contributed by atoms with E-state index < -0.39 is 6.04 Å². The van der Waals surface area contributed by atoms with Crippen LogP contribution in [0.2, 0.25) is 5.02 Å². The summed E-state index contributed by atoms with van der Waals surface area (Å²) in [5, 5.41) is 3.53. The molecule has 2 amide bonds. The van der Waals surface area contributed by atoms with Crippen LogP contribution in [0.1, 0.15) is 51.7 Å². The van der Waals surface area contributed by atoms with Crippen LogP contribution in [0, 0.1) is 5.92 Å². The normalized spacial score (nSPS) is 12.0. The molecule has 1 atom stereocenters. The molecule has 0 aliphatic rings. The number of ether oxygens (including phenoxy) is 1. The van der Waals surface area contributed by atoms with Gasteiger partial charge in [-0.15, -0.1) is 0 Å². The summed E-state index contributed by atoms with van der Waals surface area (Å²) in [6.45, 7) is 10.8. The smallest absolute Gasteiger partial charge is 0.261 e. The molecule has 6 heteroatoms. The lowest BCUT2D eigenvalue weighted by Crippen LogP contribution is -2.49. The topological polar surface area (TPSA) is 58.6 Å². The number of benzene rings is 2. The monoisotopic (exact) mass is 444 g/mol. The summed E-state index contributed by atoms with van der Waals surface area (Å²) in [5.41, 5.74) is 2.10. The van der Waals surface area contributed by atoms with Gasteiger partial charge in [-0.05, 0) is 54.2 Å².